The van der Waals surface area contributed by atoms with E-state index in [9.17, 15) is 22.7 Å². The Hall–Kier alpha value is -1.87. The van der Waals surface area contributed by atoms with E-state index >= 15 is 0 Å². The zero-order valence-electron chi connectivity index (χ0n) is 16.8. The van der Waals surface area contributed by atoms with Crippen molar-refractivity contribution >= 4 is 44.8 Å². The van der Waals surface area contributed by atoms with E-state index in [0.717, 1.165) is 10.4 Å². The van der Waals surface area contributed by atoms with Crippen molar-refractivity contribution in [1.29, 1.82) is 0 Å². The molecule has 1 aliphatic carbocycles. The second kappa shape index (κ2) is 9.73. The topological polar surface area (TPSA) is 86.7 Å². The number of benzene rings is 2. The SMILES string of the molecule is C[C@H](C(=O)NC1CCC(O)CC1)N(c1cc(Cl)ccc1F)S(=O)(=O)c1ccc(Cl)cc1. The van der Waals surface area contributed by atoms with Crippen molar-refractivity contribution in [3.63, 3.8) is 0 Å². The summed E-state index contributed by atoms with van der Waals surface area (Å²) >= 11 is 11.9. The van der Waals surface area contributed by atoms with Crippen LogP contribution in [0.2, 0.25) is 10.0 Å². The number of anilines is 1. The molecule has 1 saturated carbocycles. The van der Waals surface area contributed by atoms with E-state index < -0.39 is 33.9 Å². The first-order valence-electron chi connectivity index (χ1n) is 9.83. The summed E-state index contributed by atoms with van der Waals surface area (Å²) in [5.41, 5.74) is -0.329. The van der Waals surface area contributed by atoms with E-state index in [1.54, 1.807) is 0 Å². The number of amides is 1. The van der Waals surface area contributed by atoms with Gasteiger partial charge in [0, 0.05) is 16.1 Å². The predicted octanol–water partition coefficient (Wildman–Crippen LogP) is 4.14. The van der Waals surface area contributed by atoms with Gasteiger partial charge in [-0.2, -0.15) is 0 Å². The van der Waals surface area contributed by atoms with Gasteiger partial charge in [-0.05, 0) is 75.1 Å². The zero-order valence-corrected chi connectivity index (χ0v) is 19.1. The maximum absolute atomic E-state index is 14.7. The van der Waals surface area contributed by atoms with Crippen LogP contribution in [0.4, 0.5) is 10.1 Å². The lowest BCUT2D eigenvalue weighted by molar-refractivity contribution is -0.122. The van der Waals surface area contributed by atoms with Crippen LogP contribution < -0.4 is 9.62 Å². The molecule has 1 atom stereocenters. The smallest absolute Gasteiger partial charge is 0.265 e. The molecule has 0 saturated heterocycles. The van der Waals surface area contributed by atoms with Crippen LogP contribution >= 0.6 is 23.2 Å². The lowest BCUT2D eigenvalue weighted by Gasteiger charge is -2.32. The summed E-state index contributed by atoms with van der Waals surface area (Å²) in [6.45, 7) is 1.39. The number of rotatable bonds is 6. The molecule has 0 heterocycles. The van der Waals surface area contributed by atoms with Gasteiger partial charge in [0.15, 0.2) is 0 Å². The molecule has 31 heavy (non-hydrogen) atoms. The van der Waals surface area contributed by atoms with E-state index in [2.05, 4.69) is 5.32 Å². The molecule has 2 aromatic carbocycles. The summed E-state index contributed by atoms with van der Waals surface area (Å²) in [5, 5.41) is 12.9. The Balaban J connectivity index is 1.98. The fourth-order valence-corrected chi connectivity index (χ4v) is 5.48. The van der Waals surface area contributed by atoms with E-state index in [4.69, 9.17) is 23.2 Å². The fraction of sp³-hybridized carbons (Fsp3) is 0.381. The number of carbonyl (C=O) groups is 1. The largest absolute Gasteiger partial charge is 0.393 e. The average Bonchev–Trinajstić information content (AvgIpc) is 2.72. The third-order valence-corrected chi connectivity index (χ3v) is 7.68. The quantitative estimate of drug-likeness (QED) is 0.639. The number of hydrogen-bond acceptors (Lipinski definition) is 4. The Bertz CT molecular complexity index is 1040. The molecule has 0 bridgehead atoms. The predicted molar refractivity (Wildman–Crippen MR) is 118 cm³/mol. The van der Waals surface area contributed by atoms with Gasteiger partial charge in [0.05, 0.1) is 16.7 Å². The average molecular weight is 489 g/mol. The summed E-state index contributed by atoms with van der Waals surface area (Å²) in [7, 11) is -4.33. The van der Waals surface area contributed by atoms with Gasteiger partial charge in [0.1, 0.15) is 11.9 Å². The Kier molecular flexibility index (Phi) is 7.47. The van der Waals surface area contributed by atoms with E-state index in [0.29, 0.717) is 30.7 Å². The van der Waals surface area contributed by atoms with Gasteiger partial charge < -0.3 is 10.4 Å². The van der Waals surface area contributed by atoms with Gasteiger partial charge in [0.25, 0.3) is 10.0 Å². The highest BCUT2D eigenvalue weighted by atomic mass is 35.5. The number of nitrogens with zero attached hydrogens (tertiary/aromatic N) is 1. The van der Waals surface area contributed by atoms with Crippen LogP contribution in [0.1, 0.15) is 32.6 Å². The molecule has 168 valence electrons. The number of hydrogen-bond donors (Lipinski definition) is 2. The molecule has 0 unspecified atom stereocenters. The first-order chi connectivity index (χ1) is 14.6. The monoisotopic (exact) mass is 488 g/mol. The molecule has 2 aromatic rings. The second-order valence-corrected chi connectivity index (χ2v) is 10.2. The molecule has 6 nitrogen and oxygen atoms in total. The first kappa shape index (κ1) is 23.8. The van der Waals surface area contributed by atoms with Crippen molar-refractivity contribution in [3.8, 4) is 0 Å². The molecule has 3 rings (SSSR count). The van der Waals surface area contributed by atoms with Crippen molar-refractivity contribution in [2.45, 2.75) is 55.7 Å². The van der Waals surface area contributed by atoms with Gasteiger partial charge in [0.2, 0.25) is 5.91 Å². The molecule has 10 heteroatoms. The van der Waals surface area contributed by atoms with Crippen molar-refractivity contribution < 1.29 is 22.7 Å². The third-order valence-electron chi connectivity index (χ3n) is 5.29. The minimum absolute atomic E-state index is 0.126. The molecule has 1 fully saturated rings. The number of aliphatic hydroxyl groups excluding tert-OH is 1. The third kappa shape index (κ3) is 5.49. The Morgan fingerprint density at radius 2 is 1.68 bits per heavy atom. The van der Waals surface area contributed by atoms with Crippen LogP contribution in [-0.2, 0) is 14.8 Å². The molecule has 0 aliphatic heterocycles. The summed E-state index contributed by atoms with van der Waals surface area (Å²) in [6, 6.07) is 7.45. The molecule has 0 spiro atoms. The molecule has 0 radical (unpaired) electrons. The van der Waals surface area contributed by atoms with Crippen LogP contribution in [0.5, 0.6) is 0 Å². The van der Waals surface area contributed by atoms with Gasteiger partial charge in [-0.1, -0.05) is 23.2 Å². The molecule has 0 aromatic heterocycles. The maximum atomic E-state index is 14.7. The van der Waals surface area contributed by atoms with Crippen molar-refractivity contribution in [3.05, 3.63) is 58.3 Å². The highest BCUT2D eigenvalue weighted by Gasteiger charge is 2.36. The summed E-state index contributed by atoms with van der Waals surface area (Å²) in [5.74, 6) is -1.40. The van der Waals surface area contributed by atoms with Crippen molar-refractivity contribution in [2.75, 3.05) is 4.31 Å². The molecule has 2 N–H and O–H groups in total. The van der Waals surface area contributed by atoms with Gasteiger partial charge in [-0.15, -0.1) is 0 Å². The number of sulfonamides is 1. The number of nitrogens with one attached hydrogen (secondary N) is 1. The Morgan fingerprint density at radius 1 is 1.10 bits per heavy atom. The highest BCUT2D eigenvalue weighted by molar-refractivity contribution is 7.93. The minimum atomic E-state index is -4.33. The number of halogens is 3. The van der Waals surface area contributed by atoms with Crippen LogP contribution in [0.25, 0.3) is 0 Å². The van der Waals surface area contributed by atoms with Crippen molar-refractivity contribution in [1.82, 2.24) is 5.32 Å². The Labute approximate surface area is 191 Å². The van der Waals surface area contributed by atoms with Gasteiger partial charge in [-0.3, -0.25) is 9.10 Å². The fourth-order valence-electron chi connectivity index (χ4n) is 3.57. The van der Waals surface area contributed by atoms with Crippen LogP contribution in [0, 0.1) is 5.82 Å². The maximum Gasteiger partial charge on any atom is 0.265 e. The van der Waals surface area contributed by atoms with E-state index in [1.165, 1.54) is 43.3 Å². The molecular weight excluding hydrogens is 466 g/mol. The Morgan fingerprint density at radius 3 is 2.29 bits per heavy atom. The lowest BCUT2D eigenvalue weighted by Crippen LogP contribution is -2.51. The standard InChI is InChI=1S/C21H23Cl2FN2O4S/c1-13(21(28)25-16-5-7-17(27)8-6-16)26(20-12-15(23)4-11-19(20)24)31(29,30)18-9-2-14(22)3-10-18/h2-4,9-13,16-17,27H,5-8H2,1H3,(H,25,28)/t13-,16?,17?/m1/s1. The molecule has 1 amide bonds. The van der Waals surface area contributed by atoms with Crippen molar-refractivity contribution in [2.24, 2.45) is 0 Å². The van der Waals surface area contributed by atoms with Gasteiger partial charge in [-0.25, -0.2) is 12.8 Å². The highest BCUT2D eigenvalue weighted by Crippen LogP contribution is 2.31. The van der Waals surface area contributed by atoms with Crippen LogP contribution in [-0.4, -0.2) is 37.6 Å². The molecule has 1 aliphatic rings. The number of carbonyl (C=O) groups excluding carboxylic acids is 1. The first-order valence-corrected chi connectivity index (χ1v) is 12.0. The van der Waals surface area contributed by atoms with Crippen LogP contribution in [0.15, 0.2) is 47.4 Å². The lowest BCUT2D eigenvalue weighted by atomic mass is 9.93. The normalized spacial score (nSPS) is 20.2. The molecular formula is C21H23Cl2FN2O4S. The summed E-state index contributed by atoms with van der Waals surface area (Å²) in [6.07, 6.45) is 1.86. The van der Waals surface area contributed by atoms with Gasteiger partial charge >= 0.3 is 0 Å². The second-order valence-electron chi connectivity index (χ2n) is 7.54. The summed E-state index contributed by atoms with van der Waals surface area (Å²) < 4.78 is 42.3. The van der Waals surface area contributed by atoms with E-state index in [1.807, 2.05) is 0 Å². The van der Waals surface area contributed by atoms with Crippen LogP contribution in [0.3, 0.4) is 0 Å². The summed E-state index contributed by atoms with van der Waals surface area (Å²) in [4.78, 5) is 12.8. The minimum Gasteiger partial charge on any atom is -0.393 e. The zero-order chi connectivity index (χ0) is 22.8. The number of aliphatic hydroxyl groups is 1. The van der Waals surface area contributed by atoms with E-state index in [-0.39, 0.29) is 21.6 Å².